The molecule has 1 aromatic carbocycles. The van der Waals surface area contributed by atoms with Crippen molar-refractivity contribution in [2.45, 2.75) is 17.9 Å². The molecule has 2 aromatic rings. The molecule has 0 aliphatic heterocycles. The van der Waals surface area contributed by atoms with Gasteiger partial charge in [-0.3, -0.25) is 4.79 Å². The minimum atomic E-state index is -0.102. The summed E-state index contributed by atoms with van der Waals surface area (Å²) < 4.78 is 0.655. The Morgan fingerprint density at radius 2 is 2.00 bits per heavy atom. The number of benzene rings is 1. The second kappa shape index (κ2) is 6.90. The van der Waals surface area contributed by atoms with Crippen LogP contribution < -0.4 is 5.32 Å². The maximum absolute atomic E-state index is 12.1. The third kappa shape index (κ3) is 3.84. The van der Waals surface area contributed by atoms with Crippen LogP contribution >= 0.6 is 27.7 Å². The minimum absolute atomic E-state index is 0.0367. The number of pyridine rings is 1. The van der Waals surface area contributed by atoms with Gasteiger partial charge in [-0.1, -0.05) is 12.1 Å². The van der Waals surface area contributed by atoms with Crippen LogP contribution in [0, 0.1) is 0 Å². The third-order valence-electron chi connectivity index (χ3n) is 2.95. The van der Waals surface area contributed by atoms with E-state index in [0.717, 1.165) is 5.56 Å². The van der Waals surface area contributed by atoms with Crippen molar-refractivity contribution in [3.8, 4) is 0 Å². The van der Waals surface area contributed by atoms with Crippen molar-refractivity contribution in [2.24, 2.45) is 0 Å². The second-order valence-electron chi connectivity index (χ2n) is 4.34. The van der Waals surface area contributed by atoms with Crippen LogP contribution in [0.2, 0.25) is 0 Å². The number of carbonyl (C=O) groups excluding carboxylic acids is 1. The first kappa shape index (κ1) is 15.1. The van der Waals surface area contributed by atoms with Gasteiger partial charge in [0.15, 0.2) is 0 Å². The number of halogens is 1. The highest BCUT2D eigenvalue weighted by molar-refractivity contribution is 9.10. The molecule has 1 aromatic heterocycles. The molecule has 0 aliphatic carbocycles. The highest BCUT2D eigenvalue weighted by atomic mass is 79.9. The normalized spacial score (nSPS) is 11.9. The largest absolute Gasteiger partial charge is 0.346 e. The number of nitrogens with zero attached hydrogens (tertiary/aromatic N) is 1. The summed E-state index contributed by atoms with van der Waals surface area (Å²) in [6.07, 6.45) is 3.65. The van der Waals surface area contributed by atoms with E-state index < -0.39 is 0 Å². The number of hydrogen-bond acceptors (Lipinski definition) is 3. The zero-order chi connectivity index (χ0) is 14.5. The van der Waals surface area contributed by atoms with Crippen LogP contribution in [0.25, 0.3) is 0 Å². The van der Waals surface area contributed by atoms with E-state index in [4.69, 9.17) is 0 Å². The first-order valence-electron chi connectivity index (χ1n) is 6.16. The van der Waals surface area contributed by atoms with Gasteiger partial charge >= 0.3 is 0 Å². The molecule has 0 saturated carbocycles. The van der Waals surface area contributed by atoms with Gasteiger partial charge in [-0.25, -0.2) is 4.98 Å². The number of rotatable bonds is 4. The van der Waals surface area contributed by atoms with Gasteiger partial charge in [0, 0.05) is 16.7 Å². The van der Waals surface area contributed by atoms with E-state index in [1.165, 1.54) is 4.90 Å². The highest BCUT2D eigenvalue weighted by Crippen LogP contribution is 2.19. The summed E-state index contributed by atoms with van der Waals surface area (Å²) in [7, 11) is 0. The number of aromatic nitrogens is 1. The molecule has 2 rings (SSSR count). The zero-order valence-corrected chi connectivity index (χ0v) is 13.7. The van der Waals surface area contributed by atoms with E-state index in [1.54, 1.807) is 30.1 Å². The van der Waals surface area contributed by atoms with Gasteiger partial charge in [-0.05, 0) is 58.9 Å². The molecule has 1 heterocycles. The molecule has 0 radical (unpaired) electrons. The molecule has 20 heavy (non-hydrogen) atoms. The van der Waals surface area contributed by atoms with E-state index in [9.17, 15) is 4.79 Å². The smallest absolute Gasteiger partial charge is 0.251 e. The monoisotopic (exact) mass is 350 g/mol. The minimum Gasteiger partial charge on any atom is -0.346 e. The molecule has 0 bridgehead atoms. The fraction of sp³-hybridized carbons (Fsp3) is 0.200. The van der Waals surface area contributed by atoms with Crippen LogP contribution in [-0.2, 0) is 0 Å². The predicted octanol–water partition coefficient (Wildman–Crippen LogP) is 4.06. The molecule has 1 atom stereocenters. The molecule has 1 N–H and O–H groups in total. The van der Waals surface area contributed by atoms with Crippen molar-refractivity contribution in [1.82, 2.24) is 10.3 Å². The van der Waals surface area contributed by atoms with Crippen LogP contribution in [0.3, 0.4) is 0 Å². The average Bonchev–Trinajstić information content (AvgIpc) is 2.47. The molecule has 104 valence electrons. The Balaban J connectivity index is 2.06. The summed E-state index contributed by atoms with van der Waals surface area (Å²) >= 11 is 4.97. The van der Waals surface area contributed by atoms with Crippen LogP contribution in [0.15, 0.2) is 52.1 Å². The molecule has 1 amide bonds. The Morgan fingerprint density at radius 1 is 1.30 bits per heavy atom. The molecule has 5 heteroatoms. The van der Waals surface area contributed by atoms with Crippen molar-refractivity contribution < 1.29 is 4.79 Å². The lowest BCUT2D eigenvalue weighted by atomic mass is 10.1. The third-order valence-corrected chi connectivity index (χ3v) is 4.13. The van der Waals surface area contributed by atoms with E-state index in [2.05, 4.69) is 38.4 Å². The number of amides is 1. The molecule has 0 saturated heterocycles. The van der Waals surface area contributed by atoms with Crippen molar-refractivity contribution in [3.05, 3.63) is 58.3 Å². The van der Waals surface area contributed by atoms with Gasteiger partial charge in [0.25, 0.3) is 5.91 Å². The van der Waals surface area contributed by atoms with E-state index in [-0.39, 0.29) is 11.9 Å². The molecule has 1 unspecified atom stereocenters. The van der Waals surface area contributed by atoms with Gasteiger partial charge in [0.1, 0.15) is 4.60 Å². The fourth-order valence-corrected chi connectivity index (χ4v) is 2.57. The van der Waals surface area contributed by atoms with E-state index in [1.807, 2.05) is 25.3 Å². The van der Waals surface area contributed by atoms with Crippen molar-refractivity contribution in [2.75, 3.05) is 6.26 Å². The Morgan fingerprint density at radius 3 is 2.60 bits per heavy atom. The first-order chi connectivity index (χ1) is 9.60. The van der Waals surface area contributed by atoms with Gasteiger partial charge in [-0.15, -0.1) is 11.8 Å². The zero-order valence-electron chi connectivity index (χ0n) is 11.3. The lowest BCUT2D eigenvalue weighted by Crippen LogP contribution is -2.26. The van der Waals surface area contributed by atoms with Crippen molar-refractivity contribution in [3.63, 3.8) is 0 Å². The van der Waals surface area contributed by atoms with Gasteiger partial charge in [0.2, 0.25) is 0 Å². The SMILES string of the molecule is CSc1ccc(C(C)NC(=O)c2ccnc(Br)c2)cc1. The van der Waals surface area contributed by atoms with Crippen LogP contribution in [0.4, 0.5) is 0 Å². The lowest BCUT2D eigenvalue weighted by Gasteiger charge is -2.14. The van der Waals surface area contributed by atoms with Gasteiger partial charge in [0.05, 0.1) is 6.04 Å². The summed E-state index contributed by atoms with van der Waals surface area (Å²) in [6, 6.07) is 11.6. The maximum Gasteiger partial charge on any atom is 0.251 e. The topological polar surface area (TPSA) is 42.0 Å². The first-order valence-corrected chi connectivity index (χ1v) is 8.18. The molecular weight excluding hydrogens is 336 g/mol. The molecule has 3 nitrogen and oxygen atoms in total. The Bertz CT molecular complexity index is 601. The Hall–Kier alpha value is -1.33. The summed E-state index contributed by atoms with van der Waals surface area (Å²) in [5.74, 6) is -0.102. The highest BCUT2D eigenvalue weighted by Gasteiger charge is 2.11. The quantitative estimate of drug-likeness (QED) is 0.667. The predicted molar refractivity (Wildman–Crippen MR) is 86.0 cm³/mol. The van der Waals surface area contributed by atoms with E-state index in [0.29, 0.717) is 10.2 Å². The molecule has 0 fully saturated rings. The van der Waals surface area contributed by atoms with E-state index >= 15 is 0 Å². The number of thioether (sulfide) groups is 1. The van der Waals surface area contributed by atoms with Crippen molar-refractivity contribution >= 4 is 33.6 Å². The number of nitrogens with one attached hydrogen (secondary N) is 1. The molecule has 0 spiro atoms. The van der Waals surface area contributed by atoms with Crippen LogP contribution in [-0.4, -0.2) is 17.1 Å². The summed E-state index contributed by atoms with van der Waals surface area (Å²) in [5, 5.41) is 2.98. The maximum atomic E-state index is 12.1. The van der Waals surface area contributed by atoms with Crippen LogP contribution in [0.1, 0.15) is 28.9 Å². The number of hydrogen-bond donors (Lipinski definition) is 1. The Labute approximate surface area is 131 Å². The van der Waals surface area contributed by atoms with Crippen molar-refractivity contribution in [1.29, 1.82) is 0 Å². The fourth-order valence-electron chi connectivity index (χ4n) is 1.80. The van der Waals surface area contributed by atoms with Crippen LogP contribution in [0.5, 0.6) is 0 Å². The summed E-state index contributed by atoms with van der Waals surface area (Å²) in [4.78, 5) is 17.4. The Kier molecular flexibility index (Phi) is 5.20. The number of carbonyl (C=O) groups is 1. The summed E-state index contributed by atoms with van der Waals surface area (Å²) in [5.41, 5.74) is 1.68. The van der Waals surface area contributed by atoms with Gasteiger partial charge < -0.3 is 5.32 Å². The average molecular weight is 351 g/mol. The second-order valence-corrected chi connectivity index (χ2v) is 6.03. The van der Waals surface area contributed by atoms with Gasteiger partial charge in [-0.2, -0.15) is 0 Å². The lowest BCUT2D eigenvalue weighted by molar-refractivity contribution is 0.0939. The summed E-state index contributed by atoms with van der Waals surface area (Å²) in [6.45, 7) is 1.97. The molecule has 0 aliphatic rings. The molecular formula is C15H15BrN2OS. The standard InChI is InChI=1S/C15H15BrN2OS/c1-10(11-3-5-13(20-2)6-4-11)18-15(19)12-7-8-17-14(16)9-12/h3-10H,1-2H3,(H,18,19).